The third-order valence-electron chi connectivity index (χ3n) is 2.47. The summed E-state index contributed by atoms with van der Waals surface area (Å²) in [4.78, 5) is 14.8. The van der Waals surface area contributed by atoms with Gasteiger partial charge in [-0.2, -0.15) is 0 Å². The second kappa shape index (κ2) is 3.70. The lowest BCUT2D eigenvalue weighted by atomic mass is 9.97. The van der Waals surface area contributed by atoms with Crippen LogP contribution in [0.2, 0.25) is 5.02 Å². The molecular formula is C10H10ClNO3. The van der Waals surface area contributed by atoms with Crippen LogP contribution in [0.15, 0.2) is 12.3 Å². The number of rotatable bonds is 2. The highest BCUT2D eigenvalue weighted by Gasteiger charge is 2.34. The Morgan fingerprint density at radius 1 is 1.73 bits per heavy atom. The summed E-state index contributed by atoms with van der Waals surface area (Å²) in [7, 11) is 0. The van der Waals surface area contributed by atoms with E-state index < -0.39 is 5.97 Å². The molecule has 0 spiro atoms. The number of halogens is 1. The minimum Gasteiger partial charge on any atom is -0.488 e. The molecule has 0 aliphatic carbocycles. The quantitative estimate of drug-likeness (QED) is 0.840. The molecule has 2 rings (SSSR count). The zero-order valence-electron chi connectivity index (χ0n) is 8.11. The molecule has 0 amide bonds. The minimum atomic E-state index is -0.847. The van der Waals surface area contributed by atoms with E-state index in [0.717, 1.165) is 0 Å². The number of aromatic nitrogens is 1. The summed E-state index contributed by atoms with van der Waals surface area (Å²) < 4.78 is 5.49. The van der Waals surface area contributed by atoms with Crippen LogP contribution < -0.4 is 4.74 Å². The molecule has 0 bridgehead atoms. The second-order valence-electron chi connectivity index (χ2n) is 3.56. The summed E-state index contributed by atoms with van der Waals surface area (Å²) in [5, 5.41) is 9.26. The monoisotopic (exact) mass is 227 g/mol. The Morgan fingerprint density at radius 2 is 2.47 bits per heavy atom. The molecule has 1 aromatic heterocycles. The molecular weight excluding hydrogens is 218 g/mol. The summed E-state index contributed by atoms with van der Waals surface area (Å²) in [5.74, 6) is -0.434. The molecule has 1 aliphatic rings. The average molecular weight is 228 g/mol. The van der Waals surface area contributed by atoms with Crippen molar-refractivity contribution in [3.05, 3.63) is 23.0 Å². The lowest BCUT2D eigenvalue weighted by molar-refractivity contribution is -0.137. The lowest BCUT2D eigenvalue weighted by Crippen LogP contribution is -2.17. The fraction of sp³-hybridized carbons (Fsp3) is 0.400. The topological polar surface area (TPSA) is 59.4 Å². The van der Waals surface area contributed by atoms with E-state index in [1.165, 1.54) is 6.20 Å². The molecule has 0 unspecified atom stereocenters. The van der Waals surface area contributed by atoms with Crippen molar-refractivity contribution in [2.45, 2.75) is 25.4 Å². The van der Waals surface area contributed by atoms with Gasteiger partial charge in [-0.25, -0.2) is 0 Å². The van der Waals surface area contributed by atoms with Gasteiger partial charge in [0.1, 0.15) is 11.9 Å². The van der Waals surface area contributed by atoms with Crippen molar-refractivity contribution in [1.82, 2.24) is 4.98 Å². The Kier molecular flexibility index (Phi) is 2.52. The van der Waals surface area contributed by atoms with Gasteiger partial charge in [0.2, 0.25) is 0 Å². The van der Waals surface area contributed by atoms with E-state index in [1.54, 1.807) is 6.07 Å². The van der Waals surface area contributed by atoms with E-state index in [4.69, 9.17) is 21.4 Å². The molecule has 0 radical (unpaired) electrons. The van der Waals surface area contributed by atoms with E-state index in [-0.39, 0.29) is 18.4 Å². The standard InChI is InChI=1S/C10H10ClNO3/c1-5-7(3-9(13)14)10-8(15-5)2-6(11)4-12-10/h2,4-5,7H,3H2,1H3,(H,13,14)/t5-,7-/m1/s1. The van der Waals surface area contributed by atoms with Gasteiger partial charge >= 0.3 is 5.97 Å². The summed E-state index contributed by atoms with van der Waals surface area (Å²) in [6.45, 7) is 1.84. The Bertz CT molecular complexity index is 408. The molecule has 0 aromatic carbocycles. The minimum absolute atomic E-state index is 0.0306. The number of ether oxygens (including phenoxy) is 1. The van der Waals surface area contributed by atoms with E-state index in [0.29, 0.717) is 16.5 Å². The predicted octanol–water partition coefficient (Wildman–Crippen LogP) is 2.07. The molecule has 1 aliphatic heterocycles. The van der Waals surface area contributed by atoms with Crippen molar-refractivity contribution in [2.24, 2.45) is 0 Å². The molecule has 0 saturated heterocycles. The number of hydrogen-bond acceptors (Lipinski definition) is 3. The van der Waals surface area contributed by atoms with Gasteiger partial charge in [0.15, 0.2) is 0 Å². The third kappa shape index (κ3) is 1.90. The Labute approximate surface area is 91.8 Å². The Morgan fingerprint density at radius 3 is 3.13 bits per heavy atom. The molecule has 2 heterocycles. The van der Waals surface area contributed by atoms with Gasteiger partial charge in [-0.15, -0.1) is 0 Å². The number of carboxylic acids is 1. The number of hydrogen-bond donors (Lipinski definition) is 1. The van der Waals surface area contributed by atoms with Crippen LogP contribution in [0.4, 0.5) is 0 Å². The van der Waals surface area contributed by atoms with E-state index in [9.17, 15) is 4.79 Å². The predicted molar refractivity (Wildman–Crippen MR) is 54.3 cm³/mol. The number of pyridine rings is 1. The number of carbonyl (C=O) groups is 1. The van der Waals surface area contributed by atoms with Crippen molar-refractivity contribution < 1.29 is 14.6 Å². The van der Waals surface area contributed by atoms with Crippen LogP contribution >= 0.6 is 11.6 Å². The van der Waals surface area contributed by atoms with Gasteiger partial charge < -0.3 is 9.84 Å². The highest BCUT2D eigenvalue weighted by atomic mass is 35.5. The first-order valence-electron chi connectivity index (χ1n) is 4.62. The van der Waals surface area contributed by atoms with Gasteiger partial charge in [-0.1, -0.05) is 11.6 Å². The van der Waals surface area contributed by atoms with Crippen LogP contribution in [0.3, 0.4) is 0 Å². The summed E-state index contributed by atoms with van der Waals surface area (Å²) in [6.07, 6.45) is 1.38. The van der Waals surface area contributed by atoms with Crippen LogP contribution in [0.5, 0.6) is 5.75 Å². The fourth-order valence-electron chi connectivity index (χ4n) is 1.76. The van der Waals surface area contributed by atoms with Crippen LogP contribution in [0, 0.1) is 0 Å². The first-order chi connectivity index (χ1) is 7.08. The summed E-state index contributed by atoms with van der Waals surface area (Å²) in [6, 6.07) is 1.67. The number of carboxylic acid groups (broad SMARTS) is 1. The average Bonchev–Trinajstić information content (AvgIpc) is 2.41. The Hall–Kier alpha value is -1.29. The normalized spacial score (nSPS) is 23.3. The van der Waals surface area contributed by atoms with Crippen molar-refractivity contribution in [3.63, 3.8) is 0 Å². The molecule has 1 N–H and O–H groups in total. The van der Waals surface area contributed by atoms with Gasteiger partial charge in [0.25, 0.3) is 0 Å². The highest BCUT2D eigenvalue weighted by Crippen LogP contribution is 2.39. The molecule has 15 heavy (non-hydrogen) atoms. The fourth-order valence-corrected chi connectivity index (χ4v) is 1.91. The van der Waals surface area contributed by atoms with Crippen molar-refractivity contribution >= 4 is 17.6 Å². The second-order valence-corrected chi connectivity index (χ2v) is 4.00. The first kappa shape index (κ1) is 10.2. The zero-order valence-corrected chi connectivity index (χ0v) is 8.86. The third-order valence-corrected chi connectivity index (χ3v) is 2.68. The largest absolute Gasteiger partial charge is 0.488 e. The highest BCUT2D eigenvalue weighted by molar-refractivity contribution is 6.30. The van der Waals surface area contributed by atoms with Crippen LogP contribution in [0.25, 0.3) is 0 Å². The van der Waals surface area contributed by atoms with E-state index >= 15 is 0 Å². The number of fused-ring (bicyclic) bond motifs is 1. The van der Waals surface area contributed by atoms with Gasteiger partial charge in [-0.05, 0) is 6.92 Å². The van der Waals surface area contributed by atoms with Crippen molar-refractivity contribution in [2.75, 3.05) is 0 Å². The zero-order chi connectivity index (χ0) is 11.0. The van der Waals surface area contributed by atoms with Crippen molar-refractivity contribution in [1.29, 1.82) is 0 Å². The van der Waals surface area contributed by atoms with Gasteiger partial charge in [0, 0.05) is 12.3 Å². The van der Waals surface area contributed by atoms with Gasteiger partial charge in [0.05, 0.1) is 23.1 Å². The van der Waals surface area contributed by atoms with Crippen LogP contribution in [0.1, 0.15) is 25.0 Å². The van der Waals surface area contributed by atoms with Crippen LogP contribution in [-0.2, 0) is 4.79 Å². The maximum absolute atomic E-state index is 10.7. The van der Waals surface area contributed by atoms with Gasteiger partial charge in [-0.3, -0.25) is 9.78 Å². The maximum Gasteiger partial charge on any atom is 0.304 e. The lowest BCUT2D eigenvalue weighted by Gasteiger charge is -2.10. The molecule has 0 fully saturated rings. The SMILES string of the molecule is C[C@H]1Oc2cc(Cl)cnc2[C@@H]1CC(=O)O. The molecule has 5 heteroatoms. The summed E-state index contributed by atoms with van der Waals surface area (Å²) in [5.41, 5.74) is 0.689. The molecule has 4 nitrogen and oxygen atoms in total. The van der Waals surface area contributed by atoms with E-state index in [1.807, 2.05) is 6.92 Å². The molecule has 2 atom stereocenters. The molecule has 80 valence electrons. The number of aliphatic carboxylic acids is 1. The van der Waals surface area contributed by atoms with Crippen LogP contribution in [-0.4, -0.2) is 22.2 Å². The van der Waals surface area contributed by atoms with Crippen molar-refractivity contribution in [3.8, 4) is 5.75 Å². The molecule has 1 aromatic rings. The summed E-state index contributed by atoms with van der Waals surface area (Å²) >= 11 is 5.77. The number of nitrogens with zero attached hydrogens (tertiary/aromatic N) is 1. The Balaban J connectivity index is 2.33. The smallest absolute Gasteiger partial charge is 0.304 e. The maximum atomic E-state index is 10.7. The first-order valence-corrected chi connectivity index (χ1v) is 4.99. The van der Waals surface area contributed by atoms with E-state index in [2.05, 4.69) is 4.98 Å². The molecule has 0 saturated carbocycles.